The Labute approximate surface area is 99.7 Å². The second-order valence-corrected chi connectivity index (χ2v) is 3.98. The third kappa shape index (κ3) is 1.74. The van der Waals surface area contributed by atoms with Crippen LogP contribution in [0.2, 0.25) is 0 Å². The summed E-state index contributed by atoms with van der Waals surface area (Å²) >= 11 is 0. The van der Waals surface area contributed by atoms with Gasteiger partial charge in [-0.1, -0.05) is 54.6 Å². The Morgan fingerprint density at radius 2 is 1.53 bits per heavy atom. The van der Waals surface area contributed by atoms with Crippen LogP contribution in [-0.4, -0.2) is 4.98 Å². The lowest BCUT2D eigenvalue weighted by atomic mass is 10.0. The van der Waals surface area contributed by atoms with Gasteiger partial charge in [0.15, 0.2) is 0 Å². The Bertz CT molecular complexity index is 660. The second-order valence-electron chi connectivity index (χ2n) is 3.98. The van der Waals surface area contributed by atoms with Gasteiger partial charge in [0, 0.05) is 10.9 Å². The minimum atomic E-state index is 0.558. The summed E-state index contributed by atoms with van der Waals surface area (Å²) < 4.78 is 0. The van der Waals surface area contributed by atoms with E-state index in [9.17, 15) is 0 Å². The molecule has 2 heteroatoms. The summed E-state index contributed by atoms with van der Waals surface area (Å²) in [5.74, 6) is 0.558. The number of hydrogen-bond donors (Lipinski definition) is 1. The molecule has 1 aromatic heterocycles. The summed E-state index contributed by atoms with van der Waals surface area (Å²) in [6.07, 6.45) is 0. The number of nitrogens with two attached hydrogens (primary N) is 1. The van der Waals surface area contributed by atoms with E-state index >= 15 is 0 Å². The van der Waals surface area contributed by atoms with Crippen LogP contribution in [0.15, 0.2) is 60.7 Å². The molecule has 2 N–H and O–H groups in total. The van der Waals surface area contributed by atoms with Gasteiger partial charge in [-0.25, -0.2) is 4.98 Å². The predicted octanol–water partition coefficient (Wildman–Crippen LogP) is 3.48. The van der Waals surface area contributed by atoms with Crippen LogP contribution < -0.4 is 5.73 Å². The van der Waals surface area contributed by atoms with Crippen LogP contribution >= 0.6 is 0 Å². The Balaban J connectivity index is 2.36. The van der Waals surface area contributed by atoms with Gasteiger partial charge in [0.25, 0.3) is 0 Å². The summed E-state index contributed by atoms with van der Waals surface area (Å²) in [6, 6.07) is 20.2. The van der Waals surface area contributed by atoms with Crippen molar-refractivity contribution in [3.63, 3.8) is 0 Å². The number of aromatic nitrogens is 1. The quantitative estimate of drug-likeness (QED) is 0.681. The van der Waals surface area contributed by atoms with E-state index in [4.69, 9.17) is 5.73 Å². The lowest BCUT2D eigenvalue weighted by molar-refractivity contribution is 1.36. The van der Waals surface area contributed by atoms with Crippen LogP contribution in [0.5, 0.6) is 0 Å². The molecule has 3 rings (SSSR count). The highest BCUT2D eigenvalue weighted by Gasteiger charge is 2.05. The fourth-order valence-corrected chi connectivity index (χ4v) is 2.04. The van der Waals surface area contributed by atoms with Crippen LogP contribution in [0.4, 0.5) is 5.82 Å². The Morgan fingerprint density at radius 3 is 2.35 bits per heavy atom. The minimum Gasteiger partial charge on any atom is -0.384 e. The first kappa shape index (κ1) is 9.85. The van der Waals surface area contributed by atoms with E-state index in [0.717, 1.165) is 22.0 Å². The first-order chi connectivity index (χ1) is 8.34. The SMILES string of the molecule is Nc1cc2ccccc2c(-c2ccccc2)n1. The molecular weight excluding hydrogens is 208 g/mol. The normalized spacial score (nSPS) is 10.6. The van der Waals surface area contributed by atoms with Gasteiger partial charge in [0.1, 0.15) is 5.82 Å². The maximum absolute atomic E-state index is 5.85. The van der Waals surface area contributed by atoms with Gasteiger partial charge >= 0.3 is 0 Å². The van der Waals surface area contributed by atoms with Crippen LogP contribution in [-0.2, 0) is 0 Å². The highest BCUT2D eigenvalue weighted by atomic mass is 14.8. The molecule has 0 bridgehead atoms. The van der Waals surface area contributed by atoms with Gasteiger partial charge in [-0.05, 0) is 11.5 Å². The van der Waals surface area contributed by atoms with Crippen molar-refractivity contribution in [3.8, 4) is 11.3 Å². The van der Waals surface area contributed by atoms with E-state index < -0.39 is 0 Å². The fraction of sp³-hybridized carbons (Fsp3) is 0. The topological polar surface area (TPSA) is 38.9 Å². The van der Waals surface area contributed by atoms with Crippen LogP contribution in [0.3, 0.4) is 0 Å². The largest absolute Gasteiger partial charge is 0.384 e. The molecule has 2 nitrogen and oxygen atoms in total. The molecule has 0 radical (unpaired) electrons. The lowest BCUT2D eigenvalue weighted by Crippen LogP contribution is -1.93. The molecule has 0 fully saturated rings. The van der Waals surface area contributed by atoms with Crippen molar-refractivity contribution in [2.24, 2.45) is 0 Å². The molecule has 82 valence electrons. The Kier molecular flexibility index (Phi) is 2.26. The van der Waals surface area contributed by atoms with E-state index in [1.165, 1.54) is 0 Å². The third-order valence-electron chi connectivity index (χ3n) is 2.81. The minimum absolute atomic E-state index is 0.558. The monoisotopic (exact) mass is 220 g/mol. The van der Waals surface area contributed by atoms with Crippen molar-refractivity contribution in [1.82, 2.24) is 4.98 Å². The van der Waals surface area contributed by atoms with E-state index in [0.29, 0.717) is 5.82 Å². The van der Waals surface area contributed by atoms with Gasteiger partial charge in [-0.3, -0.25) is 0 Å². The number of hydrogen-bond acceptors (Lipinski definition) is 2. The molecule has 3 aromatic rings. The third-order valence-corrected chi connectivity index (χ3v) is 2.81. The van der Waals surface area contributed by atoms with Crippen molar-refractivity contribution in [1.29, 1.82) is 0 Å². The van der Waals surface area contributed by atoms with E-state index in [1.807, 2.05) is 48.5 Å². The summed E-state index contributed by atoms with van der Waals surface area (Å²) in [6.45, 7) is 0. The number of rotatable bonds is 1. The number of fused-ring (bicyclic) bond motifs is 1. The highest BCUT2D eigenvalue weighted by Crippen LogP contribution is 2.27. The second kappa shape index (κ2) is 3.91. The van der Waals surface area contributed by atoms with Gasteiger partial charge in [-0.2, -0.15) is 0 Å². The molecule has 0 saturated carbocycles. The molecule has 1 heterocycles. The van der Waals surface area contributed by atoms with Gasteiger partial charge in [0.05, 0.1) is 5.69 Å². The molecule has 17 heavy (non-hydrogen) atoms. The smallest absolute Gasteiger partial charge is 0.124 e. The molecule has 0 aliphatic carbocycles. The molecule has 0 unspecified atom stereocenters. The summed E-state index contributed by atoms with van der Waals surface area (Å²) in [5, 5.41) is 2.26. The van der Waals surface area contributed by atoms with Gasteiger partial charge < -0.3 is 5.73 Å². The van der Waals surface area contributed by atoms with E-state index in [1.54, 1.807) is 0 Å². The first-order valence-electron chi connectivity index (χ1n) is 5.55. The number of nitrogen functional groups attached to an aromatic ring is 1. The maximum Gasteiger partial charge on any atom is 0.124 e. The standard InChI is InChI=1S/C15H12N2/c16-14-10-12-8-4-5-9-13(12)15(17-14)11-6-2-1-3-7-11/h1-10H,(H2,16,17). The molecule has 0 atom stereocenters. The predicted molar refractivity (Wildman–Crippen MR) is 71.6 cm³/mol. The van der Waals surface area contributed by atoms with Crippen molar-refractivity contribution < 1.29 is 0 Å². The molecule has 0 aliphatic heterocycles. The molecule has 2 aromatic carbocycles. The van der Waals surface area contributed by atoms with Crippen molar-refractivity contribution >= 4 is 16.6 Å². The maximum atomic E-state index is 5.85. The van der Waals surface area contributed by atoms with Crippen LogP contribution in [0.1, 0.15) is 0 Å². The van der Waals surface area contributed by atoms with Crippen molar-refractivity contribution in [2.75, 3.05) is 5.73 Å². The molecule has 0 aliphatic rings. The zero-order valence-corrected chi connectivity index (χ0v) is 9.30. The molecule has 0 spiro atoms. The Morgan fingerprint density at radius 1 is 0.824 bits per heavy atom. The number of benzene rings is 2. The summed E-state index contributed by atoms with van der Waals surface area (Å²) in [4.78, 5) is 4.45. The summed E-state index contributed by atoms with van der Waals surface area (Å²) in [7, 11) is 0. The first-order valence-corrected chi connectivity index (χ1v) is 5.55. The number of pyridine rings is 1. The molecule has 0 amide bonds. The number of anilines is 1. The average Bonchev–Trinajstić information content (AvgIpc) is 2.39. The average molecular weight is 220 g/mol. The fourth-order valence-electron chi connectivity index (χ4n) is 2.04. The van der Waals surface area contributed by atoms with Gasteiger partial charge in [-0.15, -0.1) is 0 Å². The zero-order valence-electron chi connectivity index (χ0n) is 9.30. The van der Waals surface area contributed by atoms with Crippen LogP contribution in [0.25, 0.3) is 22.0 Å². The lowest BCUT2D eigenvalue weighted by Gasteiger charge is -2.07. The highest BCUT2D eigenvalue weighted by molar-refractivity contribution is 5.96. The summed E-state index contributed by atoms with van der Waals surface area (Å²) in [5.41, 5.74) is 7.89. The molecule has 0 saturated heterocycles. The van der Waals surface area contributed by atoms with Gasteiger partial charge in [0.2, 0.25) is 0 Å². The van der Waals surface area contributed by atoms with Crippen LogP contribution in [0, 0.1) is 0 Å². The number of nitrogens with zero attached hydrogens (tertiary/aromatic N) is 1. The molecular formula is C15H12N2. The van der Waals surface area contributed by atoms with E-state index in [2.05, 4.69) is 17.1 Å². The van der Waals surface area contributed by atoms with Crippen molar-refractivity contribution in [3.05, 3.63) is 60.7 Å². The van der Waals surface area contributed by atoms with E-state index in [-0.39, 0.29) is 0 Å². The van der Waals surface area contributed by atoms with Crippen molar-refractivity contribution in [2.45, 2.75) is 0 Å². The Hall–Kier alpha value is -2.35. The zero-order chi connectivity index (χ0) is 11.7.